The fourth-order valence-corrected chi connectivity index (χ4v) is 2.00. The number of nitrogens with zero attached hydrogens (tertiary/aromatic N) is 1. The van der Waals surface area contributed by atoms with E-state index in [1.165, 1.54) is 19.6 Å². The summed E-state index contributed by atoms with van der Waals surface area (Å²) in [5.74, 6) is 0.953. The highest BCUT2D eigenvalue weighted by Gasteiger charge is 2.42. The molecule has 2 fully saturated rings. The predicted octanol–water partition coefficient (Wildman–Crippen LogP) is 1.71. The van der Waals surface area contributed by atoms with Crippen molar-refractivity contribution >= 4 is 0 Å². The van der Waals surface area contributed by atoms with E-state index in [2.05, 4.69) is 31.0 Å². The summed E-state index contributed by atoms with van der Waals surface area (Å²) in [6, 6.07) is 0.814. The zero-order valence-electron chi connectivity index (χ0n) is 9.72. The lowest BCUT2D eigenvalue weighted by atomic mass is 9.96. The van der Waals surface area contributed by atoms with Crippen LogP contribution in [0.2, 0.25) is 0 Å². The molecule has 0 aromatic rings. The van der Waals surface area contributed by atoms with Crippen LogP contribution in [0.4, 0.5) is 0 Å². The maximum absolute atomic E-state index is 3.47. The first kappa shape index (κ1) is 11.0. The van der Waals surface area contributed by atoms with Crippen molar-refractivity contribution in [3.63, 3.8) is 0 Å². The lowest BCUT2D eigenvalue weighted by Crippen LogP contribution is -2.51. The van der Waals surface area contributed by atoms with Crippen LogP contribution in [-0.4, -0.2) is 36.1 Å². The molecule has 13 heavy (non-hydrogen) atoms. The lowest BCUT2D eigenvalue weighted by Gasteiger charge is -2.31. The molecule has 0 aromatic heterocycles. The maximum atomic E-state index is 3.47. The van der Waals surface area contributed by atoms with Crippen molar-refractivity contribution < 1.29 is 0 Å². The Morgan fingerprint density at radius 3 is 2.00 bits per heavy atom. The van der Waals surface area contributed by atoms with E-state index >= 15 is 0 Å². The summed E-state index contributed by atoms with van der Waals surface area (Å²) in [6.07, 6.45) is 0. The molecule has 2 atom stereocenters. The highest BCUT2D eigenvalue weighted by atomic mass is 15.3. The van der Waals surface area contributed by atoms with Crippen LogP contribution in [0.15, 0.2) is 0 Å². The smallest absolute Gasteiger partial charge is 0.0247 e. The van der Waals surface area contributed by atoms with Crippen molar-refractivity contribution in [2.75, 3.05) is 19.6 Å². The molecule has 78 valence electrons. The molecule has 0 saturated carbocycles. The van der Waals surface area contributed by atoms with Crippen LogP contribution >= 0.6 is 0 Å². The number of likely N-dealkylation sites (tertiary alicyclic amines) is 1. The van der Waals surface area contributed by atoms with Gasteiger partial charge in [-0.05, 0) is 20.8 Å². The van der Waals surface area contributed by atoms with E-state index in [0.717, 1.165) is 12.0 Å². The van der Waals surface area contributed by atoms with Gasteiger partial charge >= 0.3 is 0 Å². The third-order valence-corrected chi connectivity index (χ3v) is 3.03. The van der Waals surface area contributed by atoms with Gasteiger partial charge in [-0.15, -0.1) is 0 Å². The fourth-order valence-electron chi connectivity index (χ4n) is 2.00. The van der Waals surface area contributed by atoms with Crippen LogP contribution < -0.4 is 5.32 Å². The number of fused-ring (bicyclic) bond motifs is 1. The zero-order valence-corrected chi connectivity index (χ0v) is 9.72. The van der Waals surface area contributed by atoms with Gasteiger partial charge in [0.1, 0.15) is 0 Å². The summed E-state index contributed by atoms with van der Waals surface area (Å²) in [5, 5.41) is 3.47. The zero-order chi connectivity index (χ0) is 10.1. The molecule has 0 aromatic carbocycles. The summed E-state index contributed by atoms with van der Waals surface area (Å²) in [4.78, 5) is 2.59. The Morgan fingerprint density at radius 1 is 1.15 bits per heavy atom. The molecule has 0 bridgehead atoms. The molecule has 1 unspecified atom stereocenters. The minimum absolute atomic E-state index is 0.374. The molecular weight excluding hydrogens is 160 g/mol. The van der Waals surface area contributed by atoms with Crippen molar-refractivity contribution in [2.45, 2.75) is 46.2 Å². The quantitative estimate of drug-likeness (QED) is 0.616. The van der Waals surface area contributed by atoms with Gasteiger partial charge in [0.15, 0.2) is 0 Å². The second-order valence-corrected chi connectivity index (χ2v) is 4.85. The average Bonchev–Trinajstić information content (AvgIpc) is 2.31. The van der Waals surface area contributed by atoms with Gasteiger partial charge < -0.3 is 5.32 Å². The van der Waals surface area contributed by atoms with Gasteiger partial charge in [0.25, 0.3) is 0 Å². The number of nitrogens with one attached hydrogen (secondary N) is 1. The van der Waals surface area contributed by atoms with Crippen LogP contribution in [0.5, 0.6) is 0 Å². The van der Waals surface area contributed by atoms with Crippen LogP contribution in [0.25, 0.3) is 0 Å². The van der Waals surface area contributed by atoms with Gasteiger partial charge in [-0.3, -0.25) is 4.90 Å². The topological polar surface area (TPSA) is 15.3 Å². The number of hydrogen-bond acceptors (Lipinski definition) is 2. The molecule has 2 heterocycles. The molecule has 0 radical (unpaired) electrons. The Kier molecular flexibility index (Phi) is 3.36. The Hall–Kier alpha value is -0.0800. The van der Waals surface area contributed by atoms with Crippen molar-refractivity contribution in [3.05, 3.63) is 0 Å². The molecule has 2 nitrogen and oxygen atoms in total. The normalized spacial score (nSPS) is 33.0. The van der Waals surface area contributed by atoms with Gasteiger partial charge in [0.2, 0.25) is 0 Å². The van der Waals surface area contributed by atoms with Crippen LogP contribution in [-0.2, 0) is 0 Å². The minimum atomic E-state index is 0.374. The predicted molar refractivity (Wildman–Crippen MR) is 58.0 cm³/mol. The Labute approximate surface area is 82.7 Å². The highest BCUT2D eigenvalue weighted by molar-refractivity contribution is 5.00. The lowest BCUT2D eigenvalue weighted by molar-refractivity contribution is 0.171. The first-order valence-electron chi connectivity index (χ1n) is 5.56. The van der Waals surface area contributed by atoms with Gasteiger partial charge in [-0.25, -0.2) is 0 Å². The van der Waals surface area contributed by atoms with Gasteiger partial charge in [0.05, 0.1) is 0 Å². The summed E-state index contributed by atoms with van der Waals surface area (Å²) in [5.41, 5.74) is 0.374. The Balaban J connectivity index is 0.000000396. The highest BCUT2D eigenvalue weighted by Crippen LogP contribution is 2.28. The molecule has 0 spiro atoms. The monoisotopic (exact) mass is 184 g/mol. The van der Waals surface area contributed by atoms with E-state index in [1.807, 2.05) is 13.8 Å². The SMILES string of the molecule is CC.CC(C)(C)N1CC2CN[C@@H]2C1. The fraction of sp³-hybridized carbons (Fsp3) is 1.00. The first-order valence-corrected chi connectivity index (χ1v) is 5.56. The second-order valence-electron chi connectivity index (χ2n) is 4.85. The Morgan fingerprint density at radius 2 is 1.77 bits per heavy atom. The second kappa shape index (κ2) is 3.97. The maximum Gasteiger partial charge on any atom is 0.0247 e. The molecule has 2 heteroatoms. The molecule has 2 aliphatic rings. The van der Waals surface area contributed by atoms with Gasteiger partial charge in [-0.1, -0.05) is 13.8 Å². The molecule has 0 aliphatic carbocycles. The van der Waals surface area contributed by atoms with Crippen molar-refractivity contribution in [3.8, 4) is 0 Å². The largest absolute Gasteiger partial charge is 0.312 e. The summed E-state index contributed by atoms with van der Waals surface area (Å²) in [6.45, 7) is 14.7. The summed E-state index contributed by atoms with van der Waals surface area (Å²) >= 11 is 0. The first-order chi connectivity index (χ1) is 6.07. The standard InChI is InChI=1S/C9H18N2.C2H6/c1-9(2,3)11-5-7-4-10-8(7)6-11;1-2/h7-8,10H,4-6H2,1-3H3;1-2H3/t7?,8-;/m1./s1. The van der Waals surface area contributed by atoms with Gasteiger partial charge in [0, 0.05) is 37.1 Å². The molecule has 2 saturated heterocycles. The average molecular weight is 184 g/mol. The molecule has 2 rings (SSSR count). The number of rotatable bonds is 0. The molecule has 2 aliphatic heterocycles. The van der Waals surface area contributed by atoms with Gasteiger partial charge in [-0.2, -0.15) is 0 Å². The summed E-state index contributed by atoms with van der Waals surface area (Å²) < 4.78 is 0. The van der Waals surface area contributed by atoms with Crippen molar-refractivity contribution in [1.29, 1.82) is 0 Å². The van der Waals surface area contributed by atoms with Crippen molar-refractivity contribution in [2.24, 2.45) is 5.92 Å². The third kappa shape index (κ3) is 2.23. The minimum Gasteiger partial charge on any atom is -0.312 e. The summed E-state index contributed by atoms with van der Waals surface area (Å²) in [7, 11) is 0. The van der Waals surface area contributed by atoms with E-state index in [0.29, 0.717) is 5.54 Å². The molecule has 1 N–H and O–H groups in total. The number of hydrogen-bond donors (Lipinski definition) is 1. The van der Waals surface area contributed by atoms with Crippen LogP contribution in [0, 0.1) is 5.92 Å². The van der Waals surface area contributed by atoms with E-state index in [-0.39, 0.29) is 0 Å². The van der Waals surface area contributed by atoms with E-state index in [4.69, 9.17) is 0 Å². The Bertz CT molecular complexity index is 148. The third-order valence-electron chi connectivity index (χ3n) is 3.03. The van der Waals surface area contributed by atoms with E-state index in [1.54, 1.807) is 0 Å². The molecular formula is C11H24N2. The van der Waals surface area contributed by atoms with E-state index in [9.17, 15) is 0 Å². The van der Waals surface area contributed by atoms with Crippen molar-refractivity contribution in [1.82, 2.24) is 10.2 Å². The van der Waals surface area contributed by atoms with Crippen LogP contribution in [0.3, 0.4) is 0 Å². The van der Waals surface area contributed by atoms with Crippen LogP contribution in [0.1, 0.15) is 34.6 Å². The van der Waals surface area contributed by atoms with E-state index < -0.39 is 0 Å². The molecule has 0 amide bonds.